The van der Waals surface area contributed by atoms with Gasteiger partial charge in [-0.3, -0.25) is 4.79 Å². The summed E-state index contributed by atoms with van der Waals surface area (Å²) in [4.78, 5) is 24.3. The van der Waals surface area contributed by atoms with E-state index in [4.69, 9.17) is 18.9 Å². The lowest BCUT2D eigenvalue weighted by Gasteiger charge is -2.13. The quantitative estimate of drug-likeness (QED) is 0.539. The third-order valence-electron chi connectivity index (χ3n) is 4.05. The second kappa shape index (κ2) is 10.2. The number of hydrogen-bond acceptors (Lipinski definition) is 6. The summed E-state index contributed by atoms with van der Waals surface area (Å²) < 4.78 is 21.0. The Balaban J connectivity index is 2.02. The van der Waals surface area contributed by atoms with Crippen LogP contribution in [-0.2, 0) is 14.3 Å². The maximum absolute atomic E-state index is 12.2. The molecular weight excluding hydrogens is 374 g/mol. The number of amides is 1. The number of methoxy groups -OCH3 is 3. The van der Waals surface area contributed by atoms with Crippen molar-refractivity contribution in [3.8, 4) is 17.2 Å². The largest absolute Gasteiger partial charge is 0.493 e. The lowest BCUT2D eigenvalue weighted by Crippen LogP contribution is -2.29. The Morgan fingerprint density at radius 1 is 1.00 bits per heavy atom. The highest BCUT2D eigenvalue weighted by molar-refractivity contribution is 5.96. The third kappa shape index (κ3) is 6.00. The molecule has 0 bridgehead atoms. The normalized spacial score (nSPS) is 11.6. The molecule has 0 aromatic heterocycles. The van der Waals surface area contributed by atoms with E-state index in [2.05, 4.69) is 5.32 Å². The SMILES string of the molecule is COc1cc(/C=C/C(=O)O[C@H](C)C(=O)Nc2cccc(C)c2)cc(OC)c1OC. The van der Waals surface area contributed by atoms with Crippen LogP contribution in [0, 0.1) is 6.92 Å². The first-order valence-corrected chi connectivity index (χ1v) is 8.94. The van der Waals surface area contributed by atoms with Crippen LogP contribution in [0.1, 0.15) is 18.1 Å². The summed E-state index contributed by atoms with van der Waals surface area (Å²) in [5, 5.41) is 2.72. The van der Waals surface area contributed by atoms with E-state index in [0.29, 0.717) is 28.5 Å². The minimum absolute atomic E-state index is 0.412. The van der Waals surface area contributed by atoms with Crippen molar-refractivity contribution in [2.75, 3.05) is 26.6 Å². The molecular formula is C22H25NO6. The zero-order valence-electron chi connectivity index (χ0n) is 17.1. The van der Waals surface area contributed by atoms with Gasteiger partial charge in [-0.2, -0.15) is 0 Å². The van der Waals surface area contributed by atoms with Crippen molar-refractivity contribution in [2.45, 2.75) is 20.0 Å². The van der Waals surface area contributed by atoms with Crippen molar-refractivity contribution in [1.82, 2.24) is 0 Å². The molecule has 0 aliphatic carbocycles. The van der Waals surface area contributed by atoms with E-state index in [9.17, 15) is 9.59 Å². The van der Waals surface area contributed by atoms with Gasteiger partial charge in [-0.25, -0.2) is 4.79 Å². The standard InChI is InChI=1S/C22H25NO6/c1-14-7-6-8-17(11-14)23-22(25)15(2)29-20(24)10-9-16-12-18(26-3)21(28-5)19(13-16)27-4/h6-13,15H,1-5H3,(H,23,25)/b10-9+/t15-/m1/s1. The smallest absolute Gasteiger partial charge is 0.331 e. The molecule has 0 heterocycles. The first-order valence-electron chi connectivity index (χ1n) is 8.94. The predicted octanol–water partition coefficient (Wildman–Crippen LogP) is 3.60. The summed E-state index contributed by atoms with van der Waals surface area (Å²) in [5.74, 6) is 0.323. The molecule has 29 heavy (non-hydrogen) atoms. The summed E-state index contributed by atoms with van der Waals surface area (Å²) in [6, 6.07) is 10.7. The third-order valence-corrected chi connectivity index (χ3v) is 4.05. The van der Waals surface area contributed by atoms with E-state index in [0.717, 1.165) is 5.56 Å². The molecule has 2 aromatic rings. The number of ether oxygens (including phenoxy) is 4. The minimum atomic E-state index is -0.951. The fourth-order valence-corrected chi connectivity index (χ4v) is 2.60. The van der Waals surface area contributed by atoms with Gasteiger partial charge in [0.1, 0.15) is 0 Å². The molecule has 1 amide bonds. The highest BCUT2D eigenvalue weighted by Gasteiger charge is 2.17. The zero-order chi connectivity index (χ0) is 21.4. The molecule has 2 aromatic carbocycles. The second-order valence-electron chi connectivity index (χ2n) is 6.23. The molecule has 0 unspecified atom stereocenters. The Morgan fingerprint density at radius 2 is 1.66 bits per heavy atom. The Kier molecular flexibility index (Phi) is 7.65. The summed E-state index contributed by atoms with van der Waals surface area (Å²) in [7, 11) is 4.53. The van der Waals surface area contributed by atoms with Gasteiger partial charge in [-0.05, 0) is 55.3 Å². The van der Waals surface area contributed by atoms with Crippen molar-refractivity contribution < 1.29 is 28.5 Å². The number of carbonyl (C=O) groups is 2. The minimum Gasteiger partial charge on any atom is -0.493 e. The first kappa shape index (κ1) is 21.8. The summed E-state index contributed by atoms with van der Waals surface area (Å²) >= 11 is 0. The van der Waals surface area contributed by atoms with Crippen LogP contribution in [0.2, 0.25) is 0 Å². The number of benzene rings is 2. The maximum Gasteiger partial charge on any atom is 0.331 e. The first-order chi connectivity index (χ1) is 13.9. The second-order valence-corrected chi connectivity index (χ2v) is 6.23. The lowest BCUT2D eigenvalue weighted by atomic mass is 10.1. The van der Waals surface area contributed by atoms with Crippen LogP contribution in [0.3, 0.4) is 0 Å². The number of esters is 1. The summed E-state index contributed by atoms with van der Waals surface area (Å²) in [5.41, 5.74) is 2.31. The highest BCUT2D eigenvalue weighted by atomic mass is 16.5. The molecule has 0 radical (unpaired) electrons. The van der Waals surface area contributed by atoms with E-state index >= 15 is 0 Å². The Morgan fingerprint density at radius 3 is 2.21 bits per heavy atom. The van der Waals surface area contributed by atoms with Gasteiger partial charge in [0.2, 0.25) is 5.75 Å². The molecule has 1 N–H and O–H groups in total. The van der Waals surface area contributed by atoms with Gasteiger partial charge in [-0.1, -0.05) is 12.1 Å². The van der Waals surface area contributed by atoms with Crippen LogP contribution in [0.15, 0.2) is 42.5 Å². The van der Waals surface area contributed by atoms with E-state index in [-0.39, 0.29) is 0 Å². The predicted molar refractivity (Wildman–Crippen MR) is 110 cm³/mol. The monoisotopic (exact) mass is 399 g/mol. The molecule has 0 saturated carbocycles. The lowest BCUT2D eigenvalue weighted by molar-refractivity contribution is -0.148. The van der Waals surface area contributed by atoms with Crippen LogP contribution >= 0.6 is 0 Å². The molecule has 7 heteroatoms. The number of rotatable bonds is 8. The fourth-order valence-electron chi connectivity index (χ4n) is 2.60. The van der Waals surface area contributed by atoms with Crippen LogP contribution in [0.25, 0.3) is 6.08 Å². The van der Waals surface area contributed by atoms with Gasteiger partial charge in [0, 0.05) is 11.8 Å². The molecule has 0 fully saturated rings. The molecule has 2 rings (SSSR count). The topological polar surface area (TPSA) is 83.1 Å². The average molecular weight is 399 g/mol. The fraction of sp³-hybridized carbons (Fsp3) is 0.273. The van der Waals surface area contributed by atoms with E-state index < -0.39 is 18.0 Å². The molecule has 0 aliphatic heterocycles. The molecule has 0 spiro atoms. The van der Waals surface area contributed by atoms with Gasteiger partial charge in [-0.15, -0.1) is 0 Å². The van der Waals surface area contributed by atoms with Gasteiger partial charge in [0.15, 0.2) is 17.6 Å². The number of hydrogen-bond donors (Lipinski definition) is 1. The molecule has 154 valence electrons. The van der Waals surface area contributed by atoms with Crippen molar-refractivity contribution in [3.05, 3.63) is 53.6 Å². The Labute approximate surface area is 170 Å². The molecule has 1 atom stereocenters. The maximum atomic E-state index is 12.2. The van der Waals surface area contributed by atoms with Gasteiger partial charge in [0.25, 0.3) is 5.91 Å². The average Bonchev–Trinajstić information content (AvgIpc) is 2.71. The van der Waals surface area contributed by atoms with E-state index in [1.807, 2.05) is 25.1 Å². The number of nitrogens with one attached hydrogen (secondary N) is 1. The van der Waals surface area contributed by atoms with Crippen molar-refractivity contribution in [3.63, 3.8) is 0 Å². The van der Waals surface area contributed by atoms with Gasteiger partial charge >= 0.3 is 5.97 Å². The van der Waals surface area contributed by atoms with Crippen molar-refractivity contribution in [1.29, 1.82) is 0 Å². The van der Waals surface area contributed by atoms with Crippen LogP contribution in [-0.4, -0.2) is 39.3 Å². The number of anilines is 1. The van der Waals surface area contributed by atoms with Crippen LogP contribution in [0.5, 0.6) is 17.2 Å². The Bertz CT molecular complexity index is 881. The van der Waals surface area contributed by atoms with E-state index in [1.165, 1.54) is 40.4 Å². The van der Waals surface area contributed by atoms with Gasteiger partial charge < -0.3 is 24.3 Å². The molecule has 0 saturated heterocycles. The number of aryl methyl sites for hydroxylation is 1. The van der Waals surface area contributed by atoms with Crippen molar-refractivity contribution >= 4 is 23.6 Å². The van der Waals surface area contributed by atoms with E-state index in [1.54, 1.807) is 18.2 Å². The summed E-state index contributed by atoms with van der Waals surface area (Å²) in [6.45, 7) is 3.43. The number of carbonyl (C=O) groups excluding carboxylic acids is 2. The zero-order valence-corrected chi connectivity index (χ0v) is 17.1. The van der Waals surface area contributed by atoms with Crippen LogP contribution < -0.4 is 19.5 Å². The van der Waals surface area contributed by atoms with Gasteiger partial charge in [0.05, 0.1) is 21.3 Å². The molecule has 0 aliphatic rings. The van der Waals surface area contributed by atoms with Crippen LogP contribution in [0.4, 0.5) is 5.69 Å². The molecule has 7 nitrogen and oxygen atoms in total. The summed E-state index contributed by atoms with van der Waals surface area (Å²) in [6.07, 6.45) is 1.82. The Hall–Kier alpha value is -3.48. The van der Waals surface area contributed by atoms with Crippen molar-refractivity contribution in [2.24, 2.45) is 0 Å². The highest BCUT2D eigenvalue weighted by Crippen LogP contribution is 2.38.